The van der Waals surface area contributed by atoms with Crippen LogP contribution in [-0.2, 0) is 13.0 Å². The molecule has 0 atom stereocenters. The lowest BCUT2D eigenvalue weighted by Gasteiger charge is -2.34. The largest absolute Gasteiger partial charge is 0.433 e. The molecule has 166 valence electrons. The fourth-order valence-electron chi connectivity index (χ4n) is 4.06. The molecule has 2 aromatic carbocycles. The summed E-state index contributed by atoms with van der Waals surface area (Å²) >= 11 is 0. The molecule has 1 aliphatic heterocycles. The van der Waals surface area contributed by atoms with Gasteiger partial charge in [-0.2, -0.15) is 0 Å². The van der Waals surface area contributed by atoms with E-state index < -0.39 is 16.7 Å². The van der Waals surface area contributed by atoms with Gasteiger partial charge < -0.3 is 14.6 Å². The van der Waals surface area contributed by atoms with Crippen LogP contribution < -0.4 is 10.2 Å². The lowest BCUT2D eigenvalue weighted by atomic mass is 9.90. The van der Waals surface area contributed by atoms with Crippen LogP contribution >= 0.6 is 0 Å². The first kappa shape index (κ1) is 21.5. The minimum Gasteiger partial charge on any atom is -0.395 e. The zero-order valence-corrected chi connectivity index (χ0v) is 17.5. The second kappa shape index (κ2) is 9.64. The third-order valence-electron chi connectivity index (χ3n) is 5.78. The number of carbonyl (C=O) groups is 1. The maximum atomic E-state index is 14.8. The predicted molar refractivity (Wildman–Crippen MR) is 118 cm³/mol. The number of piperidine rings is 1. The van der Waals surface area contributed by atoms with Gasteiger partial charge in [-0.25, -0.2) is 4.39 Å². The summed E-state index contributed by atoms with van der Waals surface area (Å²) in [5, 5.41) is 13.2. The Kier molecular flexibility index (Phi) is 6.49. The number of benzene rings is 2. The summed E-state index contributed by atoms with van der Waals surface area (Å²) in [7, 11) is 0. The fraction of sp³-hybridized carbons (Fsp3) is 0.292. The molecule has 1 amide bonds. The molecule has 7 nitrogen and oxygen atoms in total. The van der Waals surface area contributed by atoms with Gasteiger partial charge >= 0.3 is 5.88 Å². The quantitative estimate of drug-likeness (QED) is 0.427. The molecule has 0 radical (unpaired) electrons. The highest BCUT2D eigenvalue weighted by atomic mass is 19.1. The van der Waals surface area contributed by atoms with Crippen molar-refractivity contribution in [3.8, 4) is 0 Å². The summed E-state index contributed by atoms with van der Waals surface area (Å²) in [6.07, 6.45) is 3.08. The van der Waals surface area contributed by atoms with Crippen molar-refractivity contribution >= 4 is 17.5 Å². The minimum atomic E-state index is -0.713. The molecular formula is C24H24FN3O4. The minimum absolute atomic E-state index is 0.0870. The zero-order valence-electron chi connectivity index (χ0n) is 17.5. The van der Waals surface area contributed by atoms with Gasteiger partial charge in [0, 0.05) is 19.6 Å². The lowest BCUT2D eigenvalue weighted by molar-refractivity contribution is -0.402. The van der Waals surface area contributed by atoms with Gasteiger partial charge in [-0.3, -0.25) is 14.9 Å². The first-order valence-corrected chi connectivity index (χ1v) is 10.6. The molecule has 0 unspecified atom stereocenters. The van der Waals surface area contributed by atoms with Gasteiger partial charge in [0.05, 0.1) is 11.8 Å². The van der Waals surface area contributed by atoms with Gasteiger partial charge in [0.25, 0.3) is 5.91 Å². The van der Waals surface area contributed by atoms with Gasteiger partial charge in [-0.15, -0.1) is 0 Å². The van der Waals surface area contributed by atoms with Crippen LogP contribution in [0.25, 0.3) is 0 Å². The lowest BCUT2D eigenvalue weighted by Crippen LogP contribution is -2.34. The fourth-order valence-corrected chi connectivity index (χ4v) is 4.06. The Morgan fingerprint density at radius 2 is 1.84 bits per heavy atom. The van der Waals surface area contributed by atoms with Crippen molar-refractivity contribution in [2.45, 2.75) is 25.8 Å². The molecular weight excluding hydrogens is 413 g/mol. The molecule has 1 N–H and O–H groups in total. The van der Waals surface area contributed by atoms with E-state index in [-0.39, 0.29) is 18.1 Å². The van der Waals surface area contributed by atoms with Gasteiger partial charge in [0.15, 0.2) is 5.76 Å². The van der Waals surface area contributed by atoms with Crippen molar-refractivity contribution < 1.29 is 18.5 Å². The number of halogens is 1. The molecule has 0 aliphatic carbocycles. The van der Waals surface area contributed by atoms with Crippen molar-refractivity contribution in [3.63, 3.8) is 0 Å². The normalized spacial score (nSPS) is 14.3. The number of rotatable bonds is 7. The molecule has 0 bridgehead atoms. The monoisotopic (exact) mass is 437 g/mol. The van der Waals surface area contributed by atoms with E-state index in [1.54, 1.807) is 12.1 Å². The van der Waals surface area contributed by atoms with Gasteiger partial charge in [0.2, 0.25) is 0 Å². The Morgan fingerprint density at radius 1 is 1.09 bits per heavy atom. The second-order valence-electron chi connectivity index (χ2n) is 7.98. The second-order valence-corrected chi connectivity index (χ2v) is 7.98. The maximum absolute atomic E-state index is 14.8. The van der Waals surface area contributed by atoms with E-state index in [2.05, 4.69) is 34.5 Å². The van der Waals surface area contributed by atoms with Crippen molar-refractivity contribution in [2.24, 2.45) is 5.92 Å². The average Bonchev–Trinajstić information content (AvgIpc) is 3.30. The Labute approximate surface area is 185 Å². The van der Waals surface area contributed by atoms with Crippen LogP contribution in [-0.4, -0.2) is 23.9 Å². The van der Waals surface area contributed by atoms with E-state index in [9.17, 15) is 19.3 Å². The third kappa shape index (κ3) is 5.14. The summed E-state index contributed by atoms with van der Waals surface area (Å²) in [6, 6.07) is 17.7. The summed E-state index contributed by atoms with van der Waals surface area (Å²) < 4.78 is 19.6. The van der Waals surface area contributed by atoms with Crippen LogP contribution in [0.5, 0.6) is 0 Å². The number of nitrogens with zero attached hydrogens (tertiary/aromatic N) is 2. The molecule has 2 heterocycles. The summed E-state index contributed by atoms with van der Waals surface area (Å²) in [5.41, 5.74) is 2.51. The summed E-state index contributed by atoms with van der Waals surface area (Å²) in [6.45, 7) is 1.70. The van der Waals surface area contributed by atoms with Crippen LogP contribution in [0, 0.1) is 21.8 Å². The van der Waals surface area contributed by atoms with Gasteiger partial charge in [-0.1, -0.05) is 36.4 Å². The smallest absolute Gasteiger partial charge is 0.395 e. The number of carbonyl (C=O) groups excluding carboxylic acids is 1. The molecule has 1 aliphatic rings. The van der Waals surface area contributed by atoms with E-state index >= 15 is 0 Å². The van der Waals surface area contributed by atoms with Crippen molar-refractivity contribution in [2.75, 3.05) is 18.0 Å². The molecule has 4 rings (SSSR count). The summed E-state index contributed by atoms with van der Waals surface area (Å²) in [5.74, 6) is -0.983. The number of nitrogens with one attached hydrogen (secondary N) is 1. The van der Waals surface area contributed by atoms with Crippen LogP contribution in [0.4, 0.5) is 16.0 Å². The third-order valence-corrected chi connectivity index (χ3v) is 5.78. The highest BCUT2D eigenvalue weighted by molar-refractivity contribution is 5.91. The number of amides is 1. The molecule has 32 heavy (non-hydrogen) atoms. The van der Waals surface area contributed by atoms with E-state index in [1.807, 2.05) is 6.07 Å². The molecule has 1 saturated heterocycles. The number of hydrogen-bond acceptors (Lipinski definition) is 5. The van der Waals surface area contributed by atoms with E-state index in [0.29, 0.717) is 17.2 Å². The van der Waals surface area contributed by atoms with Crippen LogP contribution in [0.15, 0.2) is 65.1 Å². The predicted octanol–water partition coefficient (Wildman–Crippen LogP) is 4.72. The Morgan fingerprint density at radius 3 is 2.50 bits per heavy atom. The topological polar surface area (TPSA) is 88.6 Å². The highest BCUT2D eigenvalue weighted by Gasteiger charge is 2.22. The standard InChI is InChI=1S/C24H24FN3O4/c25-20-15-19(16-26-24(29)22-8-9-23(32-22)28(30)31)6-7-21(20)27-12-10-18(11-13-27)14-17-4-2-1-3-5-17/h1-9,15,18H,10-14,16H2,(H,26,29). The molecule has 1 fully saturated rings. The number of nitro groups is 1. The van der Waals surface area contributed by atoms with Crippen LogP contribution in [0.3, 0.4) is 0 Å². The number of furan rings is 1. The van der Waals surface area contributed by atoms with E-state index in [4.69, 9.17) is 4.42 Å². The van der Waals surface area contributed by atoms with Gasteiger partial charge in [-0.05, 0) is 54.5 Å². The van der Waals surface area contributed by atoms with Crippen molar-refractivity contribution in [3.05, 3.63) is 93.5 Å². The van der Waals surface area contributed by atoms with Gasteiger partial charge in [0.1, 0.15) is 10.7 Å². The van der Waals surface area contributed by atoms with E-state index in [1.165, 1.54) is 17.7 Å². The Hall–Kier alpha value is -3.68. The molecule has 0 saturated carbocycles. The van der Waals surface area contributed by atoms with Crippen molar-refractivity contribution in [1.82, 2.24) is 5.32 Å². The zero-order chi connectivity index (χ0) is 22.5. The number of anilines is 1. The number of hydrogen-bond donors (Lipinski definition) is 1. The van der Waals surface area contributed by atoms with E-state index in [0.717, 1.165) is 38.4 Å². The Bertz CT molecular complexity index is 1090. The van der Waals surface area contributed by atoms with Crippen molar-refractivity contribution in [1.29, 1.82) is 0 Å². The molecule has 8 heteroatoms. The average molecular weight is 437 g/mol. The van der Waals surface area contributed by atoms with Crippen LogP contribution in [0.1, 0.15) is 34.5 Å². The molecule has 3 aromatic rings. The first-order chi connectivity index (χ1) is 15.5. The van der Waals surface area contributed by atoms with Crippen LogP contribution in [0.2, 0.25) is 0 Å². The maximum Gasteiger partial charge on any atom is 0.433 e. The highest BCUT2D eigenvalue weighted by Crippen LogP contribution is 2.28. The first-order valence-electron chi connectivity index (χ1n) is 10.6. The SMILES string of the molecule is O=C(NCc1ccc(N2CCC(Cc3ccccc3)CC2)c(F)c1)c1ccc([N+](=O)[O-])o1. The summed E-state index contributed by atoms with van der Waals surface area (Å²) in [4.78, 5) is 24.1. The Balaban J connectivity index is 1.30. The molecule has 1 aromatic heterocycles. The molecule has 0 spiro atoms.